The zero-order valence-corrected chi connectivity index (χ0v) is 17.5. The van der Waals surface area contributed by atoms with Gasteiger partial charge in [0.15, 0.2) is 0 Å². The number of aromatic nitrogens is 2. The van der Waals surface area contributed by atoms with Crippen molar-refractivity contribution in [2.45, 2.75) is 25.7 Å². The summed E-state index contributed by atoms with van der Waals surface area (Å²) in [4.78, 5) is 26.5. The third-order valence-electron chi connectivity index (χ3n) is 5.36. The summed E-state index contributed by atoms with van der Waals surface area (Å²) < 4.78 is 5.28. The standard InChI is InChI=1S/C25H25N3O3/c1-28(24(29)21-16-19-12-7-8-14-23(19)31-25(21)30)15-9-3-6-13-20-17-22(27-26-20)18-10-4-2-5-11-18/h2,4-5,7-8,10-12,14,16-17H,3,6,9,13,15H2,1H3,(H,26,27). The highest BCUT2D eigenvalue weighted by molar-refractivity contribution is 5.96. The molecule has 0 saturated carbocycles. The lowest BCUT2D eigenvalue weighted by Crippen LogP contribution is -2.31. The van der Waals surface area contributed by atoms with E-state index in [0.29, 0.717) is 12.1 Å². The number of rotatable bonds is 8. The molecule has 4 aromatic rings. The van der Waals surface area contributed by atoms with Gasteiger partial charge in [-0.05, 0) is 37.5 Å². The molecular formula is C25H25N3O3. The van der Waals surface area contributed by atoms with E-state index in [1.807, 2.05) is 42.5 Å². The van der Waals surface area contributed by atoms with E-state index in [1.165, 1.54) is 0 Å². The number of carbonyl (C=O) groups is 1. The Bertz CT molecular complexity index is 1230. The van der Waals surface area contributed by atoms with Gasteiger partial charge in [0.25, 0.3) is 5.91 Å². The molecule has 0 aliphatic carbocycles. The lowest BCUT2D eigenvalue weighted by Gasteiger charge is -2.16. The number of aryl methyl sites for hydroxylation is 1. The van der Waals surface area contributed by atoms with E-state index in [9.17, 15) is 9.59 Å². The fourth-order valence-corrected chi connectivity index (χ4v) is 3.61. The van der Waals surface area contributed by atoms with Crippen molar-refractivity contribution in [1.29, 1.82) is 0 Å². The summed E-state index contributed by atoms with van der Waals surface area (Å²) in [6.07, 6.45) is 3.74. The Labute approximate surface area is 180 Å². The first kappa shape index (κ1) is 20.6. The maximum absolute atomic E-state index is 12.7. The van der Waals surface area contributed by atoms with Gasteiger partial charge in [-0.15, -0.1) is 0 Å². The average molecular weight is 415 g/mol. The van der Waals surface area contributed by atoms with E-state index in [-0.39, 0.29) is 11.5 Å². The molecule has 2 aromatic carbocycles. The van der Waals surface area contributed by atoms with Crippen LogP contribution in [0.25, 0.3) is 22.2 Å². The molecule has 1 amide bonds. The first-order valence-corrected chi connectivity index (χ1v) is 10.5. The number of benzene rings is 2. The number of hydrogen-bond acceptors (Lipinski definition) is 4. The molecule has 0 bridgehead atoms. The summed E-state index contributed by atoms with van der Waals surface area (Å²) in [5.74, 6) is -0.305. The Morgan fingerprint density at radius 1 is 1.00 bits per heavy atom. The molecule has 6 heteroatoms. The van der Waals surface area contributed by atoms with Crippen LogP contribution in [-0.2, 0) is 6.42 Å². The van der Waals surface area contributed by atoms with Gasteiger partial charge in [0.1, 0.15) is 11.1 Å². The second-order valence-electron chi connectivity index (χ2n) is 7.67. The van der Waals surface area contributed by atoms with Crippen LogP contribution in [0, 0.1) is 0 Å². The molecule has 2 aromatic heterocycles. The van der Waals surface area contributed by atoms with Crippen molar-refractivity contribution in [3.63, 3.8) is 0 Å². The number of H-pyrrole nitrogens is 1. The molecule has 0 aliphatic heterocycles. The molecule has 0 radical (unpaired) electrons. The fourth-order valence-electron chi connectivity index (χ4n) is 3.61. The number of nitrogens with zero attached hydrogens (tertiary/aromatic N) is 2. The number of aromatic amines is 1. The van der Waals surface area contributed by atoms with Crippen LogP contribution in [0.4, 0.5) is 0 Å². The van der Waals surface area contributed by atoms with Crippen molar-refractivity contribution >= 4 is 16.9 Å². The molecule has 6 nitrogen and oxygen atoms in total. The smallest absolute Gasteiger partial charge is 0.349 e. The zero-order chi connectivity index (χ0) is 21.6. The quantitative estimate of drug-likeness (QED) is 0.335. The normalized spacial score (nSPS) is 11.0. The van der Waals surface area contributed by atoms with Crippen molar-refractivity contribution < 1.29 is 9.21 Å². The third-order valence-corrected chi connectivity index (χ3v) is 5.36. The maximum Gasteiger partial charge on any atom is 0.349 e. The van der Waals surface area contributed by atoms with Crippen LogP contribution in [0.5, 0.6) is 0 Å². The lowest BCUT2D eigenvalue weighted by molar-refractivity contribution is 0.0788. The minimum atomic E-state index is -0.594. The van der Waals surface area contributed by atoms with Gasteiger partial charge in [-0.3, -0.25) is 9.89 Å². The summed E-state index contributed by atoms with van der Waals surface area (Å²) in [5.41, 5.74) is 3.13. The molecule has 4 rings (SSSR count). The van der Waals surface area contributed by atoms with Gasteiger partial charge in [-0.1, -0.05) is 55.0 Å². The monoisotopic (exact) mass is 415 g/mol. The Balaban J connectivity index is 1.26. The zero-order valence-electron chi connectivity index (χ0n) is 17.5. The average Bonchev–Trinajstić information content (AvgIpc) is 3.27. The van der Waals surface area contributed by atoms with Crippen molar-refractivity contribution in [2.75, 3.05) is 13.6 Å². The van der Waals surface area contributed by atoms with Crippen LogP contribution >= 0.6 is 0 Å². The second kappa shape index (κ2) is 9.43. The predicted molar refractivity (Wildman–Crippen MR) is 121 cm³/mol. The van der Waals surface area contributed by atoms with E-state index in [1.54, 1.807) is 30.1 Å². The number of para-hydroxylation sites is 1. The van der Waals surface area contributed by atoms with E-state index < -0.39 is 5.63 Å². The number of fused-ring (bicyclic) bond motifs is 1. The summed E-state index contributed by atoms with van der Waals surface area (Å²) in [5, 5.41) is 8.23. The summed E-state index contributed by atoms with van der Waals surface area (Å²) >= 11 is 0. The number of amides is 1. The van der Waals surface area contributed by atoms with Crippen LogP contribution in [0.2, 0.25) is 0 Å². The highest BCUT2D eigenvalue weighted by Gasteiger charge is 2.17. The summed E-state index contributed by atoms with van der Waals surface area (Å²) in [6, 6.07) is 21.0. The van der Waals surface area contributed by atoms with Crippen LogP contribution < -0.4 is 5.63 Å². The lowest BCUT2D eigenvalue weighted by atomic mass is 10.1. The van der Waals surface area contributed by atoms with Gasteiger partial charge < -0.3 is 9.32 Å². The van der Waals surface area contributed by atoms with Gasteiger partial charge >= 0.3 is 5.63 Å². The molecule has 1 N–H and O–H groups in total. The van der Waals surface area contributed by atoms with Crippen molar-refractivity contribution in [3.05, 3.63) is 88.4 Å². The molecule has 31 heavy (non-hydrogen) atoms. The van der Waals surface area contributed by atoms with Crippen LogP contribution in [0.3, 0.4) is 0 Å². The molecule has 0 spiro atoms. The topological polar surface area (TPSA) is 79.2 Å². The number of hydrogen-bond donors (Lipinski definition) is 1. The first-order valence-electron chi connectivity index (χ1n) is 10.5. The van der Waals surface area contributed by atoms with Crippen molar-refractivity contribution in [2.24, 2.45) is 0 Å². The largest absolute Gasteiger partial charge is 0.422 e. The molecule has 0 aliphatic rings. The van der Waals surface area contributed by atoms with Crippen LogP contribution in [0.15, 0.2) is 75.9 Å². The molecule has 0 atom stereocenters. The van der Waals surface area contributed by atoms with Gasteiger partial charge in [-0.25, -0.2) is 4.79 Å². The highest BCUT2D eigenvalue weighted by atomic mass is 16.4. The van der Waals surface area contributed by atoms with E-state index in [4.69, 9.17) is 4.42 Å². The van der Waals surface area contributed by atoms with Gasteiger partial charge in [0.05, 0.1) is 5.69 Å². The number of carbonyl (C=O) groups excluding carboxylic acids is 1. The number of unbranched alkanes of at least 4 members (excludes halogenated alkanes) is 2. The molecule has 0 unspecified atom stereocenters. The Morgan fingerprint density at radius 2 is 1.77 bits per heavy atom. The molecule has 0 fully saturated rings. The van der Waals surface area contributed by atoms with Gasteiger partial charge in [0.2, 0.25) is 0 Å². The van der Waals surface area contributed by atoms with Gasteiger partial charge in [-0.2, -0.15) is 5.10 Å². The molecule has 0 saturated heterocycles. The van der Waals surface area contributed by atoms with Crippen LogP contribution in [-0.4, -0.2) is 34.6 Å². The molecule has 158 valence electrons. The maximum atomic E-state index is 12.7. The Morgan fingerprint density at radius 3 is 2.61 bits per heavy atom. The second-order valence-corrected chi connectivity index (χ2v) is 7.67. The Hall–Kier alpha value is -3.67. The van der Waals surface area contributed by atoms with Crippen molar-refractivity contribution in [3.8, 4) is 11.3 Å². The highest BCUT2D eigenvalue weighted by Crippen LogP contribution is 2.18. The molecular weight excluding hydrogens is 390 g/mol. The van der Waals surface area contributed by atoms with E-state index >= 15 is 0 Å². The van der Waals surface area contributed by atoms with E-state index in [0.717, 1.165) is 48.0 Å². The summed E-state index contributed by atoms with van der Waals surface area (Å²) in [6.45, 7) is 0.587. The van der Waals surface area contributed by atoms with Crippen molar-refractivity contribution in [1.82, 2.24) is 15.1 Å². The minimum absolute atomic E-state index is 0.0760. The van der Waals surface area contributed by atoms with Crippen LogP contribution in [0.1, 0.15) is 35.3 Å². The third kappa shape index (κ3) is 4.91. The fraction of sp³-hybridized carbons (Fsp3) is 0.240. The SMILES string of the molecule is CN(CCCCCc1cc(-c2ccccc2)n[nH]1)C(=O)c1cc2ccccc2oc1=O. The minimum Gasteiger partial charge on any atom is -0.422 e. The predicted octanol–water partition coefficient (Wildman–Crippen LogP) is 4.67. The molecule has 2 heterocycles. The van der Waals surface area contributed by atoms with E-state index in [2.05, 4.69) is 16.3 Å². The summed E-state index contributed by atoms with van der Waals surface area (Å²) in [7, 11) is 1.72. The van der Waals surface area contributed by atoms with Gasteiger partial charge in [0, 0.05) is 30.2 Å². The Kier molecular flexibility index (Phi) is 6.26. The number of nitrogens with one attached hydrogen (secondary N) is 1. The first-order chi connectivity index (χ1) is 15.1.